The van der Waals surface area contributed by atoms with Crippen molar-refractivity contribution in [2.24, 2.45) is 0 Å². The minimum absolute atomic E-state index is 0.541. The molecular formula is C15H25BO3. The third-order valence-electron chi connectivity index (χ3n) is 3.02. The molecule has 0 unspecified atom stereocenters. The van der Waals surface area contributed by atoms with Crippen LogP contribution in [0.1, 0.15) is 51.0 Å². The third kappa shape index (κ3) is 7.91. The molecule has 0 amide bonds. The summed E-state index contributed by atoms with van der Waals surface area (Å²) in [7, 11) is -1.17. The summed E-state index contributed by atoms with van der Waals surface area (Å²) in [5, 5.41) is 9.57. The summed E-state index contributed by atoms with van der Waals surface area (Å²) >= 11 is 0. The SMILES string of the molecule is CCCCCCCCOB(O)Oc1ccc(C)cc1. The molecule has 0 heterocycles. The van der Waals surface area contributed by atoms with E-state index < -0.39 is 7.32 Å². The summed E-state index contributed by atoms with van der Waals surface area (Å²) in [6.07, 6.45) is 7.22. The lowest BCUT2D eigenvalue weighted by Crippen LogP contribution is -2.26. The van der Waals surface area contributed by atoms with Gasteiger partial charge in [-0.05, 0) is 25.5 Å². The van der Waals surface area contributed by atoms with Gasteiger partial charge >= 0.3 is 7.32 Å². The minimum atomic E-state index is -1.17. The van der Waals surface area contributed by atoms with E-state index in [2.05, 4.69) is 6.92 Å². The lowest BCUT2D eigenvalue weighted by molar-refractivity contribution is 0.189. The van der Waals surface area contributed by atoms with Crippen molar-refractivity contribution in [2.45, 2.75) is 52.4 Å². The van der Waals surface area contributed by atoms with Crippen molar-refractivity contribution in [3.8, 4) is 5.75 Å². The lowest BCUT2D eigenvalue weighted by Gasteiger charge is -2.10. The van der Waals surface area contributed by atoms with Crippen LogP contribution in [0.3, 0.4) is 0 Å². The fourth-order valence-electron chi connectivity index (χ4n) is 1.83. The largest absolute Gasteiger partial charge is 0.710 e. The molecule has 1 aromatic rings. The molecule has 0 fully saturated rings. The maximum atomic E-state index is 9.57. The number of unbranched alkanes of at least 4 members (excludes halogenated alkanes) is 5. The predicted molar refractivity (Wildman–Crippen MR) is 79.1 cm³/mol. The minimum Gasteiger partial charge on any atom is -0.512 e. The normalized spacial score (nSPS) is 10.5. The Bertz CT molecular complexity index is 327. The summed E-state index contributed by atoms with van der Waals surface area (Å²) in [6.45, 7) is 4.76. The molecule has 1 aromatic carbocycles. The molecule has 0 bridgehead atoms. The van der Waals surface area contributed by atoms with E-state index in [1.165, 1.54) is 25.7 Å². The Balaban J connectivity index is 2.04. The van der Waals surface area contributed by atoms with E-state index in [4.69, 9.17) is 9.31 Å². The van der Waals surface area contributed by atoms with Gasteiger partial charge in [-0.1, -0.05) is 56.7 Å². The molecule has 0 saturated heterocycles. The van der Waals surface area contributed by atoms with Crippen LogP contribution in [0.25, 0.3) is 0 Å². The van der Waals surface area contributed by atoms with Crippen LogP contribution < -0.4 is 4.65 Å². The molecule has 0 aliphatic rings. The van der Waals surface area contributed by atoms with E-state index in [0.717, 1.165) is 18.4 Å². The maximum Gasteiger partial charge on any atom is 0.710 e. The van der Waals surface area contributed by atoms with Gasteiger partial charge in [0.2, 0.25) is 0 Å². The molecule has 0 atom stereocenters. The van der Waals surface area contributed by atoms with E-state index in [1.54, 1.807) is 0 Å². The molecule has 106 valence electrons. The summed E-state index contributed by atoms with van der Waals surface area (Å²) in [6, 6.07) is 7.53. The maximum absolute atomic E-state index is 9.57. The van der Waals surface area contributed by atoms with Crippen molar-refractivity contribution in [1.29, 1.82) is 0 Å². The van der Waals surface area contributed by atoms with E-state index in [1.807, 2.05) is 31.2 Å². The van der Waals surface area contributed by atoms with Gasteiger partial charge in [0, 0.05) is 6.61 Å². The average Bonchev–Trinajstić information content (AvgIpc) is 2.40. The molecule has 19 heavy (non-hydrogen) atoms. The second kappa shape index (κ2) is 9.87. The molecule has 4 heteroatoms. The molecule has 0 aliphatic carbocycles. The monoisotopic (exact) mass is 264 g/mol. The van der Waals surface area contributed by atoms with Gasteiger partial charge in [0.25, 0.3) is 0 Å². The number of aryl methyl sites for hydroxylation is 1. The number of rotatable bonds is 10. The molecule has 0 aliphatic heterocycles. The standard InChI is InChI=1S/C15H25BO3/c1-3-4-5-6-7-8-13-18-16(17)19-15-11-9-14(2)10-12-15/h9-12,17H,3-8,13H2,1-2H3. The first-order valence-corrected chi connectivity index (χ1v) is 7.25. The lowest BCUT2D eigenvalue weighted by atomic mass is 10.1. The summed E-state index contributed by atoms with van der Waals surface area (Å²) < 4.78 is 10.5. The Kier molecular flexibility index (Phi) is 8.35. The summed E-state index contributed by atoms with van der Waals surface area (Å²) in [4.78, 5) is 0. The van der Waals surface area contributed by atoms with Crippen LogP contribution in [0.2, 0.25) is 0 Å². The third-order valence-corrected chi connectivity index (χ3v) is 3.02. The van der Waals surface area contributed by atoms with E-state index in [9.17, 15) is 5.02 Å². The highest BCUT2D eigenvalue weighted by atomic mass is 16.7. The Morgan fingerprint density at radius 2 is 1.63 bits per heavy atom. The number of hydrogen-bond donors (Lipinski definition) is 1. The zero-order chi connectivity index (χ0) is 13.9. The van der Waals surface area contributed by atoms with Crippen molar-refractivity contribution < 1.29 is 14.3 Å². The quantitative estimate of drug-likeness (QED) is 0.517. The van der Waals surface area contributed by atoms with Gasteiger partial charge < -0.3 is 14.3 Å². The van der Waals surface area contributed by atoms with Gasteiger partial charge in [-0.3, -0.25) is 0 Å². The Morgan fingerprint density at radius 3 is 2.32 bits per heavy atom. The number of benzene rings is 1. The second-order valence-corrected chi connectivity index (χ2v) is 4.88. The highest BCUT2D eigenvalue weighted by Gasteiger charge is 2.17. The average molecular weight is 264 g/mol. The van der Waals surface area contributed by atoms with Gasteiger partial charge in [0.05, 0.1) is 0 Å². The zero-order valence-corrected chi connectivity index (χ0v) is 12.1. The zero-order valence-electron chi connectivity index (χ0n) is 12.1. The van der Waals surface area contributed by atoms with Crippen LogP contribution in [0.5, 0.6) is 5.75 Å². The van der Waals surface area contributed by atoms with Gasteiger partial charge in [-0.25, -0.2) is 0 Å². The van der Waals surface area contributed by atoms with Crippen LogP contribution >= 0.6 is 0 Å². The van der Waals surface area contributed by atoms with Crippen molar-refractivity contribution in [3.05, 3.63) is 29.8 Å². The van der Waals surface area contributed by atoms with Gasteiger partial charge in [0.15, 0.2) is 0 Å². The Morgan fingerprint density at radius 1 is 1.00 bits per heavy atom. The van der Waals surface area contributed by atoms with Crippen molar-refractivity contribution in [1.82, 2.24) is 0 Å². The van der Waals surface area contributed by atoms with Gasteiger partial charge in [-0.15, -0.1) is 0 Å². The molecule has 1 rings (SSSR count). The van der Waals surface area contributed by atoms with Crippen molar-refractivity contribution in [3.63, 3.8) is 0 Å². The first-order chi connectivity index (χ1) is 9.22. The first kappa shape index (κ1) is 16.1. The Hall–Kier alpha value is -0.995. The van der Waals surface area contributed by atoms with E-state index >= 15 is 0 Å². The van der Waals surface area contributed by atoms with E-state index in [0.29, 0.717) is 12.4 Å². The molecule has 1 N–H and O–H groups in total. The van der Waals surface area contributed by atoms with Crippen molar-refractivity contribution in [2.75, 3.05) is 6.61 Å². The molecule has 0 radical (unpaired) electrons. The van der Waals surface area contributed by atoms with Crippen molar-refractivity contribution >= 4 is 7.32 Å². The van der Waals surface area contributed by atoms with E-state index in [-0.39, 0.29) is 0 Å². The molecular weight excluding hydrogens is 239 g/mol. The molecule has 0 spiro atoms. The highest BCUT2D eigenvalue weighted by molar-refractivity contribution is 6.35. The molecule has 3 nitrogen and oxygen atoms in total. The first-order valence-electron chi connectivity index (χ1n) is 7.25. The smallest absolute Gasteiger partial charge is 0.512 e. The Labute approximate surface area is 117 Å². The van der Waals surface area contributed by atoms with Crippen LogP contribution in [0, 0.1) is 6.92 Å². The van der Waals surface area contributed by atoms with Crippen LogP contribution in [-0.2, 0) is 4.65 Å². The highest BCUT2D eigenvalue weighted by Crippen LogP contribution is 2.12. The second-order valence-electron chi connectivity index (χ2n) is 4.88. The van der Waals surface area contributed by atoms with Crippen LogP contribution in [0.4, 0.5) is 0 Å². The van der Waals surface area contributed by atoms with Crippen LogP contribution in [0.15, 0.2) is 24.3 Å². The fraction of sp³-hybridized carbons (Fsp3) is 0.600. The molecule has 0 aromatic heterocycles. The predicted octanol–water partition coefficient (Wildman–Crippen LogP) is 3.73. The summed E-state index contributed by atoms with van der Waals surface area (Å²) in [5.74, 6) is 0.626. The van der Waals surface area contributed by atoms with Gasteiger partial charge in [-0.2, -0.15) is 0 Å². The van der Waals surface area contributed by atoms with Gasteiger partial charge in [0.1, 0.15) is 5.75 Å². The topological polar surface area (TPSA) is 38.7 Å². The summed E-state index contributed by atoms with van der Waals surface area (Å²) in [5.41, 5.74) is 1.16. The molecule has 0 saturated carbocycles. The number of hydrogen-bond acceptors (Lipinski definition) is 3. The van der Waals surface area contributed by atoms with Crippen LogP contribution in [-0.4, -0.2) is 19.0 Å². The fourth-order valence-corrected chi connectivity index (χ4v) is 1.83.